The van der Waals surface area contributed by atoms with Gasteiger partial charge >= 0.3 is 0 Å². The molecule has 1 aliphatic heterocycles. The topological polar surface area (TPSA) is 68.8 Å². The maximum absolute atomic E-state index is 12.1. The second-order valence-electron chi connectivity index (χ2n) is 6.71. The molecule has 0 spiro atoms. The van der Waals surface area contributed by atoms with Crippen LogP contribution in [0.15, 0.2) is 66.7 Å². The van der Waals surface area contributed by atoms with Gasteiger partial charge in [-0.05, 0) is 55.5 Å². The van der Waals surface area contributed by atoms with Crippen LogP contribution >= 0.6 is 0 Å². The number of amides is 1. The van der Waals surface area contributed by atoms with Gasteiger partial charge in [-0.3, -0.25) is 4.79 Å². The van der Waals surface area contributed by atoms with Crippen LogP contribution < -0.4 is 24.8 Å². The molecular weight excluding hydrogens is 368 g/mol. The second-order valence-corrected chi connectivity index (χ2v) is 6.71. The van der Waals surface area contributed by atoms with Crippen LogP contribution in [0, 0.1) is 6.92 Å². The number of ether oxygens (including phenoxy) is 3. The van der Waals surface area contributed by atoms with Gasteiger partial charge in [-0.15, -0.1) is 0 Å². The highest BCUT2D eigenvalue weighted by Crippen LogP contribution is 2.33. The minimum atomic E-state index is -0.210. The molecule has 0 atom stereocenters. The van der Waals surface area contributed by atoms with Crippen LogP contribution in [0.3, 0.4) is 0 Å². The highest BCUT2D eigenvalue weighted by atomic mass is 16.6. The Labute approximate surface area is 169 Å². The highest BCUT2D eigenvalue weighted by molar-refractivity contribution is 5.92. The van der Waals surface area contributed by atoms with Gasteiger partial charge in [-0.1, -0.05) is 17.7 Å². The SMILES string of the molecule is Cc1ccc(OCC(=O)Nc2ccc(Nc3ccc4c(c3)OCCO4)cc2)cc1. The maximum atomic E-state index is 12.1. The zero-order valence-corrected chi connectivity index (χ0v) is 16.1. The van der Waals surface area contributed by atoms with Crippen LogP contribution in [0.2, 0.25) is 0 Å². The van der Waals surface area contributed by atoms with Gasteiger partial charge in [0.15, 0.2) is 18.1 Å². The van der Waals surface area contributed by atoms with Crippen LogP contribution in [0.25, 0.3) is 0 Å². The number of hydrogen-bond donors (Lipinski definition) is 2. The minimum absolute atomic E-state index is 0.0414. The maximum Gasteiger partial charge on any atom is 0.262 e. The van der Waals surface area contributed by atoms with Crippen molar-refractivity contribution in [3.63, 3.8) is 0 Å². The summed E-state index contributed by atoms with van der Waals surface area (Å²) in [7, 11) is 0. The first-order valence-corrected chi connectivity index (χ1v) is 9.42. The summed E-state index contributed by atoms with van der Waals surface area (Å²) < 4.78 is 16.6. The molecule has 1 aliphatic rings. The van der Waals surface area contributed by atoms with E-state index in [0.717, 1.165) is 28.4 Å². The Morgan fingerprint density at radius 3 is 2.28 bits per heavy atom. The molecule has 3 aromatic carbocycles. The van der Waals surface area contributed by atoms with Gasteiger partial charge in [0.2, 0.25) is 0 Å². The third kappa shape index (κ3) is 4.99. The molecule has 0 saturated heterocycles. The van der Waals surface area contributed by atoms with E-state index in [2.05, 4.69) is 10.6 Å². The fraction of sp³-hybridized carbons (Fsp3) is 0.174. The first-order chi connectivity index (χ1) is 14.2. The van der Waals surface area contributed by atoms with E-state index in [0.29, 0.717) is 24.7 Å². The van der Waals surface area contributed by atoms with Crippen LogP contribution in [0.5, 0.6) is 17.2 Å². The standard InChI is InChI=1S/C23H22N2O4/c1-16-2-9-20(10-3-16)29-15-23(26)25-18-6-4-17(5-7-18)24-19-8-11-21-22(14-19)28-13-12-27-21/h2-11,14,24H,12-13,15H2,1H3,(H,25,26). The predicted octanol–water partition coefficient (Wildman–Crippen LogP) is 4.53. The summed E-state index contributed by atoms with van der Waals surface area (Å²) in [6, 6.07) is 20.8. The number of aryl methyl sites for hydroxylation is 1. The van der Waals surface area contributed by atoms with Gasteiger partial charge in [0.25, 0.3) is 5.91 Å². The van der Waals surface area contributed by atoms with Crippen LogP contribution in [0.4, 0.5) is 17.1 Å². The lowest BCUT2D eigenvalue weighted by Gasteiger charge is -2.19. The van der Waals surface area contributed by atoms with Crippen molar-refractivity contribution in [3.05, 3.63) is 72.3 Å². The van der Waals surface area contributed by atoms with Gasteiger partial charge in [-0.25, -0.2) is 0 Å². The van der Waals surface area contributed by atoms with Gasteiger partial charge in [0, 0.05) is 23.1 Å². The Balaban J connectivity index is 1.30. The molecule has 0 fully saturated rings. The molecule has 6 heteroatoms. The fourth-order valence-electron chi connectivity index (χ4n) is 2.91. The Morgan fingerprint density at radius 1 is 0.862 bits per heavy atom. The van der Waals surface area contributed by atoms with Crippen molar-refractivity contribution < 1.29 is 19.0 Å². The number of nitrogens with one attached hydrogen (secondary N) is 2. The van der Waals surface area contributed by atoms with E-state index in [1.165, 1.54) is 0 Å². The van der Waals surface area contributed by atoms with Gasteiger partial charge < -0.3 is 24.8 Å². The molecule has 6 nitrogen and oxygen atoms in total. The van der Waals surface area contributed by atoms with Crippen molar-refractivity contribution in [1.29, 1.82) is 0 Å². The van der Waals surface area contributed by atoms with Crippen molar-refractivity contribution >= 4 is 23.0 Å². The summed E-state index contributed by atoms with van der Waals surface area (Å²) in [5.41, 5.74) is 3.65. The Bertz CT molecular complexity index is 985. The number of carbonyl (C=O) groups is 1. The Hall–Kier alpha value is -3.67. The van der Waals surface area contributed by atoms with E-state index in [9.17, 15) is 4.79 Å². The second kappa shape index (κ2) is 8.56. The highest BCUT2D eigenvalue weighted by Gasteiger charge is 2.11. The lowest BCUT2D eigenvalue weighted by atomic mass is 10.2. The third-order valence-electron chi connectivity index (χ3n) is 4.39. The Kier molecular flexibility index (Phi) is 5.52. The lowest BCUT2D eigenvalue weighted by molar-refractivity contribution is -0.118. The lowest BCUT2D eigenvalue weighted by Crippen LogP contribution is -2.20. The van der Waals surface area contributed by atoms with Crippen molar-refractivity contribution in [1.82, 2.24) is 0 Å². The molecular formula is C23H22N2O4. The van der Waals surface area contributed by atoms with E-state index >= 15 is 0 Å². The molecule has 2 N–H and O–H groups in total. The third-order valence-corrected chi connectivity index (χ3v) is 4.39. The number of carbonyl (C=O) groups excluding carboxylic acids is 1. The number of benzene rings is 3. The zero-order valence-electron chi connectivity index (χ0n) is 16.1. The molecule has 29 heavy (non-hydrogen) atoms. The molecule has 4 rings (SSSR count). The summed E-state index contributed by atoms with van der Waals surface area (Å²) in [5.74, 6) is 1.95. The monoisotopic (exact) mass is 390 g/mol. The fourth-order valence-corrected chi connectivity index (χ4v) is 2.91. The molecule has 0 unspecified atom stereocenters. The molecule has 3 aromatic rings. The van der Waals surface area contributed by atoms with E-state index in [1.807, 2.05) is 73.7 Å². The average molecular weight is 390 g/mol. The van der Waals surface area contributed by atoms with Crippen molar-refractivity contribution in [2.45, 2.75) is 6.92 Å². The summed E-state index contributed by atoms with van der Waals surface area (Å²) >= 11 is 0. The quantitative estimate of drug-likeness (QED) is 0.647. The molecule has 0 aromatic heterocycles. The molecule has 148 valence electrons. The van der Waals surface area contributed by atoms with E-state index in [1.54, 1.807) is 0 Å². The number of hydrogen-bond acceptors (Lipinski definition) is 5. The summed E-state index contributed by atoms with van der Waals surface area (Å²) in [5, 5.41) is 6.14. The molecule has 0 radical (unpaired) electrons. The van der Waals surface area contributed by atoms with Crippen molar-refractivity contribution in [2.75, 3.05) is 30.5 Å². The summed E-state index contributed by atoms with van der Waals surface area (Å²) in [6.07, 6.45) is 0. The zero-order chi connectivity index (χ0) is 20.1. The average Bonchev–Trinajstić information content (AvgIpc) is 2.75. The Morgan fingerprint density at radius 2 is 1.52 bits per heavy atom. The minimum Gasteiger partial charge on any atom is -0.486 e. The molecule has 0 bridgehead atoms. The first kappa shape index (κ1) is 18.7. The van der Waals surface area contributed by atoms with Crippen LogP contribution in [-0.2, 0) is 4.79 Å². The normalized spacial score (nSPS) is 12.2. The number of rotatable bonds is 6. The van der Waals surface area contributed by atoms with Gasteiger partial charge in [-0.2, -0.15) is 0 Å². The van der Waals surface area contributed by atoms with Crippen LogP contribution in [-0.4, -0.2) is 25.7 Å². The van der Waals surface area contributed by atoms with Crippen LogP contribution in [0.1, 0.15) is 5.56 Å². The number of anilines is 3. The largest absolute Gasteiger partial charge is 0.486 e. The van der Waals surface area contributed by atoms with Crippen molar-refractivity contribution in [2.24, 2.45) is 0 Å². The summed E-state index contributed by atoms with van der Waals surface area (Å²) in [6.45, 7) is 3.09. The molecule has 0 aliphatic carbocycles. The smallest absolute Gasteiger partial charge is 0.262 e. The molecule has 1 amide bonds. The van der Waals surface area contributed by atoms with E-state index in [-0.39, 0.29) is 12.5 Å². The van der Waals surface area contributed by atoms with Gasteiger partial charge in [0.1, 0.15) is 19.0 Å². The number of fused-ring (bicyclic) bond motifs is 1. The molecule has 1 heterocycles. The van der Waals surface area contributed by atoms with E-state index < -0.39 is 0 Å². The van der Waals surface area contributed by atoms with Gasteiger partial charge in [0.05, 0.1) is 0 Å². The summed E-state index contributed by atoms with van der Waals surface area (Å²) in [4.78, 5) is 12.1. The van der Waals surface area contributed by atoms with Crippen molar-refractivity contribution in [3.8, 4) is 17.2 Å². The first-order valence-electron chi connectivity index (χ1n) is 9.42. The van der Waals surface area contributed by atoms with E-state index in [4.69, 9.17) is 14.2 Å². The predicted molar refractivity (Wildman–Crippen MR) is 112 cm³/mol. The molecule has 0 saturated carbocycles.